The first-order chi connectivity index (χ1) is 21.0. The van der Waals surface area contributed by atoms with Crippen LogP contribution in [0.3, 0.4) is 0 Å². The standard InChI is InChI=1S/C34H32N4O4S2/c1-2-23-13-19-30(20-14-23)44(41,42)38-34(36)29-10-6-8-27(22-29)26-7-5-9-28(21-26)33(35)25-17-15-24(16-18-25)31-11-3-4-12-32(31)43(37,39)40/h3-22,33H,2,35H2,1H3,(H2,36,38)(H2,37,39,40). The molecule has 0 aliphatic carbocycles. The zero-order chi connectivity index (χ0) is 31.5. The van der Waals surface area contributed by atoms with E-state index in [0.29, 0.717) is 16.7 Å². The van der Waals surface area contributed by atoms with E-state index in [1.165, 1.54) is 18.2 Å². The normalized spacial score (nSPS) is 12.4. The van der Waals surface area contributed by atoms with Crippen LogP contribution in [0.15, 0.2) is 131 Å². The molecular formula is C34H32N4O4S2. The quantitative estimate of drug-likeness (QED) is 0.124. The Balaban J connectivity index is 1.36. The monoisotopic (exact) mass is 624 g/mol. The summed E-state index contributed by atoms with van der Waals surface area (Å²) < 4.78 is 52.3. The number of sulfonamides is 2. The second-order valence-corrected chi connectivity index (χ2v) is 13.5. The summed E-state index contributed by atoms with van der Waals surface area (Å²) in [5.41, 5.74) is 12.6. The van der Waals surface area contributed by atoms with Crippen LogP contribution >= 0.6 is 0 Å². The topological polar surface area (TPSA) is 156 Å². The smallest absolute Gasteiger partial charge is 0.263 e. The van der Waals surface area contributed by atoms with E-state index in [4.69, 9.17) is 16.3 Å². The summed E-state index contributed by atoms with van der Waals surface area (Å²) in [7, 11) is -7.80. The molecule has 1 unspecified atom stereocenters. The largest absolute Gasteiger partial charge is 0.320 e. The summed E-state index contributed by atoms with van der Waals surface area (Å²) in [5, 5.41) is 13.9. The molecule has 5 aromatic carbocycles. The van der Waals surface area contributed by atoms with Crippen LogP contribution in [-0.2, 0) is 26.5 Å². The zero-order valence-electron chi connectivity index (χ0n) is 23.9. The number of nitrogens with two attached hydrogens (primary N) is 2. The van der Waals surface area contributed by atoms with Crippen molar-refractivity contribution in [1.82, 2.24) is 4.72 Å². The van der Waals surface area contributed by atoms with E-state index in [1.54, 1.807) is 48.5 Å². The van der Waals surface area contributed by atoms with Gasteiger partial charge >= 0.3 is 0 Å². The number of aryl methyl sites for hydroxylation is 1. The van der Waals surface area contributed by atoms with Crippen molar-refractivity contribution < 1.29 is 16.8 Å². The third-order valence-electron chi connectivity index (χ3n) is 7.38. The van der Waals surface area contributed by atoms with Crippen molar-refractivity contribution in [1.29, 1.82) is 5.41 Å². The van der Waals surface area contributed by atoms with E-state index in [-0.39, 0.29) is 15.6 Å². The van der Waals surface area contributed by atoms with E-state index in [2.05, 4.69) is 4.72 Å². The first-order valence-electron chi connectivity index (χ1n) is 13.8. The number of benzene rings is 5. The van der Waals surface area contributed by atoms with E-state index < -0.39 is 26.1 Å². The molecule has 0 bridgehead atoms. The van der Waals surface area contributed by atoms with Gasteiger partial charge in [-0.1, -0.05) is 97.9 Å². The molecule has 224 valence electrons. The van der Waals surface area contributed by atoms with Crippen LogP contribution in [0.5, 0.6) is 0 Å². The molecule has 8 nitrogen and oxygen atoms in total. The van der Waals surface area contributed by atoms with Crippen LogP contribution in [0.1, 0.15) is 35.2 Å². The Morgan fingerprint density at radius 3 is 2.02 bits per heavy atom. The fourth-order valence-electron chi connectivity index (χ4n) is 4.94. The predicted octanol–water partition coefficient (Wildman–Crippen LogP) is 5.58. The first kappa shape index (κ1) is 30.8. The second-order valence-electron chi connectivity index (χ2n) is 10.3. The van der Waals surface area contributed by atoms with Gasteiger partial charge in [0.15, 0.2) is 0 Å². The van der Waals surface area contributed by atoms with Gasteiger partial charge < -0.3 is 5.73 Å². The molecule has 0 fully saturated rings. The van der Waals surface area contributed by atoms with Gasteiger partial charge in [0.1, 0.15) is 5.84 Å². The third-order valence-corrected chi connectivity index (χ3v) is 9.72. The van der Waals surface area contributed by atoms with E-state index in [1.807, 2.05) is 61.5 Å². The molecule has 5 aromatic rings. The van der Waals surface area contributed by atoms with Gasteiger partial charge in [0.05, 0.1) is 15.8 Å². The van der Waals surface area contributed by atoms with Crippen molar-refractivity contribution in [2.45, 2.75) is 29.2 Å². The molecule has 44 heavy (non-hydrogen) atoms. The predicted molar refractivity (Wildman–Crippen MR) is 174 cm³/mol. The van der Waals surface area contributed by atoms with E-state index in [9.17, 15) is 16.8 Å². The SMILES string of the molecule is CCc1ccc(S(=O)(=O)NC(=N)c2cccc(-c3cccc(C(N)c4ccc(-c5ccccc5S(N)(=O)=O)cc4)c3)c2)cc1. The highest BCUT2D eigenvalue weighted by atomic mass is 32.2. The molecular weight excluding hydrogens is 593 g/mol. The number of hydrogen-bond donors (Lipinski definition) is 4. The van der Waals surface area contributed by atoms with Crippen LogP contribution < -0.4 is 15.6 Å². The summed E-state index contributed by atoms with van der Waals surface area (Å²) in [5.74, 6) is -0.233. The maximum Gasteiger partial charge on any atom is 0.263 e. The molecule has 0 aliphatic rings. The van der Waals surface area contributed by atoms with Crippen LogP contribution in [0.25, 0.3) is 22.3 Å². The second kappa shape index (κ2) is 12.6. The van der Waals surface area contributed by atoms with Crippen molar-refractivity contribution in [2.75, 3.05) is 0 Å². The molecule has 0 saturated heterocycles. The lowest BCUT2D eigenvalue weighted by Gasteiger charge is -2.16. The minimum atomic E-state index is -3.92. The molecule has 6 N–H and O–H groups in total. The van der Waals surface area contributed by atoms with Gasteiger partial charge in [-0.2, -0.15) is 0 Å². The van der Waals surface area contributed by atoms with Crippen LogP contribution in [0.2, 0.25) is 0 Å². The molecule has 5 rings (SSSR count). The van der Waals surface area contributed by atoms with Crippen molar-refractivity contribution in [3.05, 3.63) is 144 Å². The van der Waals surface area contributed by atoms with Crippen LogP contribution in [-0.4, -0.2) is 22.7 Å². The Bertz CT molecular complexity index is 2040. The van der Waals surface area contributed by atoms with Gasteiger partial charge in [-0.3, -0.25) is 10.1 Å². The number of rotatable bonds is 9. The summed E-state index contributed by atoms with van der Waals surface area (Å²) in [6.07, 6.45) is 0.799. The van der Waals surface area contributed by atoms with Gasteiger partial charge in [0.25, 0.3) is 10.0 Å². The Kier molecular flexibility index (Phi) is 8.80. The lowest BCUT2D eigenvalue weighted by molar-refractivity contribution is 0.592. The summed E-state index contributed by atoms with van der Waals surface area (Å²) in [6.45, 7) is 1.99. The van der Waals surface area contributed by atoms with Gasteiger partial charge in [0, 0.05) is 11.1 Å². The Morgan fingerprint density at radius 2 is 1.36 bits per heavy atom. The number of hydrogen-bond acceptors (Lipinski definition) is 6. The summed E-state index contributed by atoms with van der Waals surface area (Å²) >= 11 is 0. The Hall–Kier alpha value is -4.61. The van der Waals surface area contributed by atoms with E-state index >= 15 is 0 Å². The van der Waals surface area contributed by atoms with Crippen molar-refractivity contribution in [3.63, 3.8) is 0 Å². The molecule has 0 heterocycles. The summed E-state index contributed by atoms with van der Waals surface area (Å²) in [6, 6.07) is 34.8. The zero-order valence-corrected chi connectivity index (χ0v) is 25.6. The molecule has 0 saturated carbocycles. The van der Waals surface area contributed by atoms with Crippen molar-refractivity contribution in [3.8, 4) is 22.3 Å². The lowest BCUT2D eigenvalue weighted by Crippen LogP contribution is -2.30. The van der Waals surface area contributed by atoms with Gasteiger partial charge in [0.2, 0.25) is 10.0 Å². The fourth-order valence-corrected chi connectivity index (χ4v) is 6.70. The van der Waals surface area contributed by atoms with Crippen LogP contribution in [0.4, 0.5) is 0 Å². The van der Waals surface area contributed by atoms with Gasteiger partial charge in [-0.05, 0) is 70.1 Å². The van der Waals surface area contributed by atoms with Gasteiger partial charge in [-0.15, -0.1) is 0 Å². The Labute approximate surface area is 258 Å². The average molecular weight is 625 g/mol. The number of amidine groups is 1. The molecule has 0 spiro atoms. The Morgan fingerprint density at radius 1 is 0.727 bits per heavy atom. The highest BCUT2D eigenvalue weighted by molar-refractivity contribution is 7.90. The van der Waals surface area contributed by atoms with Crippen molar-refractivity contribution in [2.24, 2.45) is 10.9 Å². The highest BCUT2D eigenvalue weighted by Crippen LogP contribution is 2.30. The lowest BCUT2D eigenvalue weighted by atomic mass is 9.94. The van der Waals surface area contributed by atoms with Crippen LogP contribution in [0, 0.1) is 5.41 Å². The van der Waals surface area contributed by atoms with Crippen molar-refractivity contribution >= 4 is 25.9 Å². The fraction of sp³-hybridized carbons (Fsp3) is 0.0882. The molecule has 0 radical (unpaired) electrons. The molecule has 1 atom stereocenters. The van der Waals surface area contributed by atoms with E-state index in [0.717, 1.165) is 34.2 Å². The number of primary sulfonamides is 1. The molecule has 10 heteroatoms. The first-order valence-corrected chi connectivity index (χ1v) is 16.9. The third kappa shape index (κ3) is 6.79. The van der Waals surface area contributed by atoms with Gasteiger partial charge in [-0.25, -0.2) is 22.0 Å². The minimum Gasteiger partial charge on any atom is -0.320 e. The maximum absolute atomic E-state index is 12.9. The summed E-state index contributed by atoms with van der Waals surface area (Å²) in [4.78, 5) is 0.150. The maximum atomic E-state index is 12.9. The minimum absolute atomic E-state index is 0.0542. The number of nitrogens with one attached hydrogen (secondary N) is 2. The average Bonchev–Trinajstić information content (AvgIpc) is 3.04. The molecule has 0 amide bonds. The highest BCUT2D eigenvalue weighted by Gasteiger charge is 2.18. The molecule has 0 aromatic heterocycles. The molecule has 0 aliphatic heterocycles.